The van der Waals surface area contributed by atoms with Crippen molar-refractivity contribution in [2.75, 3.05) is 0 Å². The first-order valence-electron chi connectivity index (χ1n) is 8.66. The SMILES string of the molecule is C[C@H]1CCCC[C@@H]1NC(=O)Cn1nc(-c2ccc(F)cc2)ccc1=O. The minimum Gasteiger partial charge on any atom is -0.351 e. The minimum atomic E-state index is -0.335. The lowest BCUT2D eigenvalue weighted by Crippen LogP contribution is -2.43. The Kier molecular flexibility index (Phi) is 5.26. The maximum Gasteiger partial charge on any atom is 0.267 e. The molecule has 1 amide bonds. The number of halogens is 1. The van der Waals surface area contributed by atoms with E-state index in [4.69, 9.17) is 0 Å². The third-order valence-electron chi connectivity index (χ3n) is 4.76. The normalized spacial score (nSPS) is 20.2. The predicted molar refractivity (Wildman–Crippen MR) is 93.5 cm³/mol. The summed E-state index contributed by atoms with van der Waals surface area (Å²) in [4.78, 5) is 24.3. The number of carbonyl (C=O) groups is 1. The molecule has 0 unspecified atom stereocenters. The third-order valence-corrected chi connectivity index (χ3v) is 4.76. The zero-order chi connectivity index (χ0) is 17.8. The zero-order valence-electron chi connectivity index (χ0n) is 14.2. The van der Waals surface area contributed by atoms with Crippen LogP contribution in [0, 0.1) is 11.7 Å². The molecule has 1 aliphatic carbocycles. The Morgan fingerprint density at radius 3 is 2.64 bits per heavy atom. The van der Waals surface area contributed by atoms with Crippen molar-refractivity contribution in [3.63, 3.8) is 0 Å². The Hall–Kier alpha value is -2.50. The molecule has 2 aromatic rings. The van der Waals surface area contributed by atoms with E-state index in [9.17, 15) is 14.0 Å². The van der Waals surface area contributed by atoms with Crippen molar-refractivity contribution < 1.29 is 9.18 Å². The molecule has 6 heteroatoms. The van der Waals surface area contributed by atoms with E-state index in [-0.39, 0.29) is 29.9 Å². The molecule has 0 spiro atoms. The third kappa shape index (κ3) is 4.32. The van der Waals surface area contributed by atoms with Crippen molar-refractivity contribution in [2.45, 2.75) is 45.2 Å². The van der Waals surface area contributed by atoms with Gasteiger partial charge in [0.25, 0.3) is 5.56 Å². The Labute approximate surface area is 145 Å². The largest absolute Gasteiger partial charge is 0.351 e. The maximum atomic E-state index is 13.0. The van der Waals surface area contributed by atoms with Crippen LogP contribution in [0.4, 0.5) is 4.39 Å². The topological polar surface area (TPSA) is 64.0 Å². The lowest BCUT2D eigenvalue weighted by atomic mass is 9.86. The molecule has 1 N–H and O–H groups in total. The van der Waals surface area contributed by atoms with Gasteiger partial charge in [0, 0.05) is 17.7 Å². The molecule has 1 heterocycles. The fraction of sp³-hybridized carbons (Fsp3) is 0.421. The fourth-order valence-corrected chi connectivity index (χ4v) is 3.26. The average molecular weight is 343 g/mol. The molecule has 1 aromatic carbocycles. The van der Waals surface area contributed by atoms with E-state index in [0.29, 0.717) is 17.2 Å². The van der Waals surface area contributed by atoms with Gasteiger partial charge in [-0.05, 0) is 49.1 Å². The van der Waals surface area contributed by atoms with Gasteiger partial charge in [-0.25, -0.2) is 9.07 Å². The van der Waals surface area contributed by atoms with Crippen LogP contribution in [-0.4, -0.2) is 21.7 Å². The number of benzene rings is 1. The van der Waals surface area contributed by atoms with Gasteiger partial charge in [0.05, 0.1) is 5.69 Å². The minimum absolute atomic E-state index is 0.114. The van der Waals surface area contributed by atoms with E-state index >= 15 is 0 Å². The summed E-state index contributed by atoms with van der Waals surface area (Å²) < 4.78 is 14.2. The van der Waals surface area contributed by atoms with E-state index < -0.39 is 0 Å². The first-order chi connectivity index (χ1) is 12.0. The van der Waals surface area contributed by atoms with Crippen molar-refractivity contribution in [2.24, 2.45) is 5.92 Å². The number of carbonyl (C=O) groups excluding carboxylic acids is 1. The second-order valence-corrected chi connectivity index (χ2v) is 6.66. The molecule has 0 aliphatic heterocycles. The molecule has 0 radical (unpaired) electrons. The second-order valence-electron chi connectivity index (χ2n) is 6.66. The monoisotopic (exact) mass is 343 g/mol. The van der Waals surface area contributed by atoms with Gasteiger partial charge < -0.3 is 5.32 Å². The molecule has 1 aromatic heterocycles. The number of hydrogen-bond acceptors (Lipinski definition) is 3. The summed E-state index contributed by atoms with van der Waals surface area (Å²) in [7, 11) is 0. The van der Waals surface area contributed by atoms with Crippen LogP contribution < -0.4 is 10.9 Å². The molecule has 25 heavy (non-hydrogen) atoms. The molecule has 5 nitrogen and oxygen atoms in total. The van der Waals surface area contributed by atoms with Gasteiger partial charge in [-0.3, -0.25) is 9.59 Å². The highest BCUT2D eigenvalue weighted by molar-refractivity contribution is 5.76. The molecule has 1 fully saturated rings. The van der Waals surface area contributed by atoms with Gasteiger partial charge in [-0.15, -0.1) is 0 Å². The molecule has 2 atom stereocenters. The van der Waals surface area contributed by atoms with Crippen LogP contribution in [0.5, 0.6) is 0 Å². The molecule has 3 rings (SSSR count). The molecule has 1 saturated carbocycles. The summed E-state index contributed by atoms with van der Waals surface area (Å²) >= 11 is 0. The van der Waals surface area contributed by atoms with Gasteiger partial charge >= 0.3 is 0 Å². The van der Waals surface area contributed by atoms with E-state index in [1.807, 2.05) is 0 Å². The van der Waals surface area contributed by atoms with Crippen molar-refractivity contribution in [3.05, 3.63) is 52.6 Å². The Morgan fingerprint density at radius 2 is 1.92 bits per heavy atom. The van der Waals surface area contributed by atoms with Crippen LogP contribution >= 0.6 is 0 Å². The number of hydrogen-bond donors (Lipinski definition) is 1. The zero-order valence-corrected chi connectivity index (χ0v) is 14.2. The summed E-state index contributed by atoms with van der Waals surface area (Å²) in [5, 5.41) is 7.27. The highest BCUT2D eigenvalue weighted by atomic mass is 19.1. The van der Waals surface area contributed by atoms with E-state index in [2.05, 4.69) is 17.3 Å². The number of rotatable bonds is 4. The van der Waals surface area contributed by atoms with Crippen molar-refractivity contribution in [1.82, 2.24) is 15.1 Å². The number of nitrogens with zero attached hydrogens (tertiary/aromatic N) is 2. The van der Waals surface area contributed by atoms with Crippen LogP contribution in [0.15, 0.2) is 41.2 Å². The van der Waals surface area contributed by atoms with Gasteiger partial charge in [0.1, 0.15) is 12.4 Å². The predicted octanol–water partition coefficient (Wildman–Crippen LogP) is 2.74. The molecule has 0 saturated heterocycles. The summed E-state index contributed by atoms with van der Waals surface area (Å²) in [5.41, 5.74) is 0.882. The van der Waals surface area contributed by atoms with Gasteiger partial charge in [0.2, 0.25) is 5.91 Å². The molecular weight excluding hydrogens is 321 g/mol. The molecule has 132 valence electrons. The fourth-order valence-electron chi connectivity index (χ4n) is 3.26. The summed E-state index contributed by atoms with van der Waals surface area (Å²) in [6.07, 6.45) is 4.41. The summed E-state index contributed by atoms with van der Waals surface area (Å²) in [6, 6.07) is 8.98. The van der Waals surface area contributed by atoms with E-state index in [0.717, 1.165) is 23.9 Å². The van der Waals surface area contributed by atoms with Crippen LogP contribution in [-0.2, 0) is 11.3 Å². The van der Waals surface area contributed by atoms with Crippen LogP contribution in [0.3, 0.4) is 0 Å². The van der Waals surface area contributed by atoms with E-state index in [1.165, 1.54) is 24.6 Å². The Bertz CT molecular complexity index is 801. The summed E-state index contributed by atoms with van der Waals surface area (Å²) in [5.74, 6) is -0.0874. The first-order valence-corrected chi connectivity index (χ1v) is 8.66. The Balaban J connectivity index is 1.73. The van der Waals surface area contributed by atoms with Gasteiger partial charge in [0.15, 0.2) is 0 Å². The van der Waals surface area contributed by atoms with E-state index in [1.54, 1.807) is 18.2 Å². The number of amides is 1. The smallest absolute Gasteiger partial charge is 0.267 e. The molecule has 1 aliphatic rings. The number of aromatic nitrogens is 2. The van der Waals surface area contributed by atoms with Crippen LogP contribution in [0.25, 0.3) is 11.3 Å². The first kappa shape index (κ1) is 17.3. The maximum absolute atomic E-state index is 13.0. The average Bonchev–Trinajstić information content (AvgIpc) is 2.60. The lowest BCUT2D eigenvalue weighted by Gasteiger charge is -2.29. The van der Waals surface area contributed by atoms with Gasteiger partial charge in [-0.2, -0.15) is 5.10 Å². The van der Waals surface area contributed by atoms with Crippen molar-refractivity contribution >= 4 is 5.91 Å². The standard InChI is InChI=1S/C19H22FN3O2/c1-13-4-2-3-5-16(13)21-18(24)12-23-19(25)11-10-17(22-23)14-6-8-15(20)9-7-14/h6-11,13,16H,2-5,12H2,1H3,(H,21,24)/t13-,16-/m0/s1. The van der Waals surface area contributed by atoms with Crippen molar-refractivity contribution in [1.29, 1.82) is 0 Å². The van der Waals surface area contributed by atoms with Crippen LogP contribution in [0.1, 0.15) is 32.6 Å². The molecular formula is C19H22FN3O2. The lowest BCUT2D eigenvalue weighted by molar-refractivity contribution is -0.123. The highest BCUT2D eigenvalue weighted by Gasteiger charge is 2.23. The Morgan fingerprint density at radius 1 is 1.20 bits per heavy atom. The van der Waals surface area contributed by atoms with Crippen molar-refractivity contribution in [3.8, 4) is 11.3 Å². The molecule has 0 bridgehead atoms. The number of nitrogens with one attached hydrogen (secondary N) is 1. The second kappa shape index (κ2) is 7.59. The highest BCUT2D eigenvalue weighted by Crippen LogP contribution is 2.23. The summed E-state index contributed by atoms with van der Waals surface area (Å²) in [6.45, 7) is 2.03. The quantitative estimate of drug-likeness (QED) is 0.928. The van der Waals surface area contributed by atoms with Crippen LogP contribution in [0.2, 0.25) is 0 Å². The van der Waals surface area contributed by atoms with Gasteiger partial charge in [-0.1, -0.05) is 19.8 Å².